The van der Waals surface area contributed by atoms with Crippen LogP contribution < -0.4 is 0 Å². The zero-order valence-corrected chi connectivity index (χ0v) is 18.8. The van der Waals surface area contributed by atoms with E-state index < -0.39 is 0 Å². The van der Waals surface area contributed by atoms with Gasteiger partial charge in [0.25, 0.3) is 0 Å². The number of ketones is 1. The summed E-state index contributed by atoms with van der Waals surface area (Å²) in [4.78, 5) is 24.5. The molecule has 0 amide bonds. The Balaban J connectivity index is 1.50. The van der Waals surface area contributed by atoms with Gasteiger partial charge in [0, 0.05) is 29.6 Å². The van der Waals surface area contributed by atoms with E-state index in [0.717, 1.165) is 50.0 Å². The van der Waals surface area contributed by atoms with E-state index in [-0.39, 0.29) is 34.1 Å². The van der Waals surface area contributed by atoms with Crippen LogP contribution in [0, 0.1) is 29.6 Å². The van der Waals surface area contributed by atoms with Crippen molar-refractivity contribution in [3.05, 3.63) is 47.0 Å². The minimum Gasteiger partial charge on any atom is -0.466 e. The van der Waals surface area contributed by atoms with Gasteiger partial charge in [-0.15, -0.1) is 0 Å². The first-order valence-corrected chi connectivity index (χ1v) is 12.0. The molecule has 3 fully saturated rings. The molecule has 0 N–H and O–H groups in total. The van der Waals surface area contributed by atoms with Crippen LogP contribution in [0.25, 0.3) is 0 Å². The van der Waals surface area contributed by atoms with Gasteiger partial charge in [0.1, 0.15) is 17.1 Å². The number of aryl methyl sites for hydroxylation is 1. The third kappa shape index (κ3) is 2.48. The monoisotopic (exact) mass is 420 g/mol. The fraction of sp³-hybridized carbons (Fsp3) is 0.630. The highest BCUT2D eigenvalue weighted by molar-refractivity contribution is 5.92. The van der Waals surface area contributed by atoms with Gasteiger partial charge in [-0.25, -0.2) is 0 Å². The molecule has 2 heterocycles. The highest BCUT2D eigenvalue weighted by Gasteiger charge is 2.66. The van der Waals surface area contributed by atoms with E-state index >= 15 is 0 Å². The molecule has 1 aromatic rings. The molecule has 1 aliphatic heterocycles. The van der Waals surface area contributed by atoms with E-state index in [1.54, 1.807) is 0 Å². The Morgan fingerprint density at radius 3 is 2.61 bits per heavy atom. The molecule has 4 aliphatic carbocycles. The van der Waals surface area contributed by atoms with E-state index in [0.29, 0.717) is 24.7 Å². The van der Waals surface area contributed by atoms with Crippen LogP contribution >= 0.6 is 0 Å². The Morgan fingerprint density at radius 1 is 1.06 bits per heavy atom. The van der Waals surface area contributed by atoms with Crippen molar-refractivity contribution in [2.24, 2.45) is 22.7 Å². The minimum absolute atomic E-state index is 0.0264. The van der Waals surface area contributed by atoms with Crippen LogP contribution in [-0.4, -0.2) is 17.4 Å². The lowest BCUT2D eigenvalue weighted by molar-refractivity contribution is -0.160. The molecule has 2 unspecified atom stereocenters. The van der Waals surface area contributed by atoms with E-state index in [2.05, 4.69) is 32.1 Å². The molecule has 0 bridgehead atoms. The molecule has 1 spiro atoms. The van der Waals surface area contributed by atoms with Crippen molar-refractivity contribution < 1.29 is 18.7 Å². The summed E-state index contributed by atoms with van der Waals surface area (Å²) in [5.74, 6) is 3.29. The molecule has 6 atom stereocenters. The third-order valence-electron chi connectivity index (χ3n) is 9.85. The fourth-order valence-electron chi connectivity index (χ4n) is 8.08. The molecule has 31 heavy (non-hydrogen) atoms. The Bertz CT molecular complexity index is 1040. The number of furan rings is 1. The summed E-state index contributed by atoms with van der Waals surface area (Å²) in [7, 11) is 0. The first kappa shape index (κ1) is 19.6. The molecule has 5 aliphatic rings. The molecule has 1 aromatic heterocycles. The van der Waals surface area contributed by atoms with Gasteiger partial charge >= 0.3 is 5.97 Å². The number of hydrogen-bond acceptors (Lipinski definition) is 4. The maximum Gasteiger partial charge on any atom is 0.306 e. The number of allylic oxidation sites excluding steroid dienone is 4. The van der Waals surface area contributed by atoms with Gasteiger partial charge in [-0.1, -0.05) is 31.1 Å². The van der Waals surface area contributed by atoms with Crippen LogP contribution in [0.15, 0.2) is 39.8 Å². The van der Waals surface area contributed by atoms with Crippen molar-refractivity contribution in [1.29, 1.82) is 0 Å². The number of fused-ring (bicyclic) bond motifs is 6. The zero-order chi connectivity index (χ0) is 21.6. The molecule has 164 valence electrons. The van der Waals surface area contributed by atoms with Crippen molar-refractivity contribution in [1.82, 2.24) is 0 Å². The molecule has 6 rings (SSSR count). The van der Waals surface area contributed by atoms with Crippen LogP contribution in [0.2, 0.25) is 0 Å². The summed E-state index contributed by atoms with van der Waals surface area (Å²) in [6.07, 6.45) is 11.3. The SMILES string of the molecule is Cc1ccc([C@@H]2CC3=CC(=O)CC[C@]3(C)C3=CCC4(C)[C@@H](CC[C@@]45CCC(=O)O5)C32)o1. The third-order valence-corrected chi connectivity index (χ3v) is 9.85. The Labute approximate surface area is 184 Å². The summed E-state index contributed by atoms with van der Waals surface area (Å²) in [6.45, 7) is 6.74. The number of esters is 1. The quantitative estimate of drug-likeness (QED) is 0.425. The van der Waals surface area contributed by atoms with E-state index in [9.17, 15) is 9.59 Å². The summed E-state index contributed by atoms with van der Waals surface area (Å²) < 4.78 is 12.3. The number of rotatable bonds is 1. The van der Waals surface area contributed by atoms with Gasteiger partial charge in [0.05, 0.1) is 0 Å². The number of carbonyl (C=O) groups is 2. The second-order valence-electron chi connectivity index (χ2n) is 11.1. The van der Waals surface area contributed by atoms with Gasteiger partial charge in [-0.3, -0.25) is 9.59 Å². The molecular weight excluding hydrogens is 388 g/mol. The molecule has 0 radical (unpaired) electrons. The van der Waals surface area contributed by atoms with Gasteiger partial charge < -0.3 is 9.15 Å². The standard InChI is InChI=1S/C27H32O4/c1-16-4-5-22(30-16)19-15-17-14-18(28)6-10-25(17,2)20-7-11-26(3)21(24(19)20)8-12-27(26)13-9-23(29)31-27/h4-5,7,14,19,21,24H,6,8-13,15H2,1-3H3/t19-,21-,24?,25-,26?,27+/m0/s1. The molecular formula is C27H32O4. The predicted octanol–water partition coefficient (Wildman–Crippen LogP) is 5.81. The van der Waals surface area contributed by atoms with Crippen molar-refractivity contribution in [3.63, 3.8) is 0 Å². The summed E-state index contributed by atoms with van der Waals surface area (Å²) in [5, 5.41) is 0. The molecule has 0 aromatic carbocycles. The van der Waals surface area contributed by atoms with Crippen molar-refractivity contribution in [3.8, 4) is 0 Å². The van der Waals surface area contributed by atoms with Crippen LogP contribution in [0.3, 0.4) is 0 Å². The van der Waals surface area contributed by atoms with E-state index in [1.165, 1.54) is 11.1 Å². The Hall–Kier alpha value is -2.10. The highest BCUT2D eigenvalue weighted by Crippen LogP contribution is 2.70. The Morgan fingerprint density at radius 2 is 1.90 bits per heavy atom. The minimum atomic E-state index is -0.306. The van der Waals surface area contributed by atoms with E-state index in [1.807, 2.05) is 13.0 Å². The van der Waals surface area contributed by atoms with Gasteiger partial charge in [-0.2, -0.15) is 0 Å². The smallest absolute Gasteiger partial charge is 0.306 e. The molecule has 4 nitrogen and oxygen atoms in total. The lowest BCUT2D eigenvalue weighted by Gasteiger charge is -2.56. The molecule has 2 saturated carbocycles. The highest BCUT2D eigenvalue weighted by atomic mass is 16.6. The number of carbonyl (C=O) groups excluding carboxylic acids is 2. The normalized spacial score (nSPS) is 43.8. The average Bonchev–Trinajstić information content (AvgIpc) is 3.41. The van der Waals surface area contributed by atoms with Crippen LogP contribution in [0.5, 0.6) is 0 Å². The summed E-state index contributed by atoms with van der Waals surface area (Å²) in [5.41, 5.74) is 2.43. The predicted molar refractivity (Wildman–Crippen MR) is 116 cm³/mol. The maximum atomic E-state index is 12.3. The fourth-order valence-corrected chi connectivity index (χ4v) is 8.08. The van der Waals surface area contributed by atoms with Gasteiger partial charge in [-0.05, 0) is 75.5 Å². The van der Waals surface area contributed by atoms with Crippen LogP contribution in [-0.2, 0) is 14.3 Å². The number of ether oxygens (including phenoxy) is 1. The summed E-state index contributed by atoms with van der Waals surface area (Å²) in [6, 6.07) is 4.20. The first-order chi connectivity index (χ1) is 14.8. The zero-order valence-electron chi connectivity index (χ0n) is 18.8. The van der Waals surface area contributed by atoms with Crippen molar-refractivity contribution in [2.75, 3.05) is 0 Å². The van der Waals surface area contributed by atoms with Crippen LogP contribution in [0.4, 0.5) is 0 Å². The average molecular weight is 421 g/mol. The maximum absolute atomic E-state index is 12.3. The van der Waals surface area contributed by atoms with Crippen molar-refractivity contribution >= 4 is 11.8 Å². The van der Waals surface area contributed by atoms with Gasteiger partial charge in [0.15, 0.2) is 5.78 Å². The molecule has 1 saturated heterocycles. The molecule has 4 heteroatoms. The lowest BCUT2D eigenvalue weighted by Crippen LogP contribution is -2.52. The Kier molecular flexibility index (Phi) is 3.94. The lowest BCUT2D eigenvalue weighted by atomic mass is 9.48. The second kappa shape index (κ2) is 6.24. The van der Waals surface area contributed by atoms with E-state index in [4.69, 9.17) is 9.15 Å². The van der Waals surface area contributed by atoms with Crippen LogP contribution in [0.1, 0.15) is 82.7 Å². The van der Waals surface area contributed by atoms with Gasteiger partial charge in [0.2, 0.25) is 0 Å². The second-order valence-corrected chi connectivity index (χ2v) is 11.1. The van der Waals surface area contributed by atoms with Crippen molar-refractivity contribution in [2.45, 2.75) is 83.7 Å². The summed E-state index contributed by atoms with van der Waals surface area (Å²) >= 11 is 0. The first-order valence-electron chi connectivity index (χ1n) is 12.0. The topological polar surface area (TPSA) is 56.5 Å². The largest absolute Gasteiger partial charge is 0.466 e. The number of hydrogen-bond donors (Lipinski definition) is 0.